The van der Waals surface area contributed by atoms with Crippen molar-refractivity contribution in [2.24, 2.45) is 0 Å². The molecule has 19 heavy (non-hydrogen) atoms. The highest BCUT2D eigenvalue weighted by Crippen LogP contribution is 2.38. The lowest BCUT2D eigenvalue weighted by molar-refractivity contribution is 0.620. The number of hydrogen-bond donors (Lipinski definition) is 0. The molecule has 0 fully saturated rings. The van der Waals surface area contributed by atoms with Crippen LogP contribution in [0.15, 0.2) is 24.4 Å². The molecule has 6 heteroatoms. The van der Waals surface area contributed by atoms with Crippen molar-refractivity contribution in [1.82, 2.24) is 4.98 Å². The average Bonchev–Trinajstić information content (AvgIpc) is 2.38. The van der Waals surface area contributed by atoms with Crippen molar-refractivity contribution in [3.63, 3.8) is 0 Å². The molecule has 0 N–H and O–H groups in total. The van der Waals surface area contributed by atoms with Crippen LogP contribution in [-0.4, -0.2) is 4.98 Å². The van der Waals surface area contributed by atoms with Gasteiger partial charge in [0.2, 0.25) is 0 Å². The number of halogens is 4. The molecular weight excluding hydrogens is 310 g/mol. The molecule has 1 aromatic heterocycles. The van der Waals surface area contributed by atoms with Crippen LogP contribution in [-0.2, 0) is 6.42 Å². The maximum atomic E-state index is 13.2. The third-order valence-electron chi connectivity index (χ3n) is 2.49. The van der Waals surface area contributed by atoms with Gasteiger partial charge in [0, 0.05) is 5.56 Å². The summed E-state index contributed by atoms with van der Waals surface area (Å²) in [4.78, 5) is 3.99. The lowest BCUT2D eigenvalue weighted by Crippen LogP contribution is -1.95. The molecule has 96 valence electrons. The summed E-state index contributed by atoms with van der Waals surface area (Å²) in [5.41, 5.74) is 1.38. The minimum absolute atomic E-state index is 0.0245. The second-order valence-electron chi connectivity index (χ2n) is 3.72. The number of nitrogens with zero attached hydrogens (tertiary/aromatic N) is 2. The summed E-state index contributed by atoms with van der Waals surface area (Å²) in [6.07, 6.45) is 1.09. The average molecular weight is 316 g/mol. The van der Waals surface area contributed by atoms with Gasteiger partial charge in [-0.25, -0.2) is 4.39 Å². The van der Waals surface area contributed by atoms with Crippen molar-refractivity contribution in [2.45, 2.75) is 6.42 Å². The Kier molecular flexibility index (Phi) is 4.26. The molecule has 0 aliphatic carbocycles. The SMILES string of the molecule is N#CCc1cc(F)cnc1-c1ccc(Cl)c(Cl)c1Cl. The Morgan fingerprint density at radius 1 is 1.21 bits per heavy atom. The summed E-state index contributed by atoms with van der Waals surface area (Å²) >= 11 is 17.9. The first-order valence-corrected chi connectivity index (χ1v) is 6.33. The third-order valence-corrected chi connectivity index (χ3v) is 3.79. The molecule has 1 heterocycles. The Balaban J connectivity index is 2.66. The van der Waals surface area contributed by atoms with Crippen molar-refractivity contribution in [3.8, 4) is 17.3 Å². The van der Waals surface area contributed by atoms with Gasteiger partial charge < -0.3 is 0 Å². The van der Waals surface area contributed by atoms with Crippen molar-refractivity contribution < 1.29 is 4.39 Å². The summed E-state index contributed by atoms with van der Waals surface area (Å²) in [5, 5.41) is 9.52. The topological polar surface area (TPSA) is 36.7 Å². The van der Waals surface area contributed by atoms with Crippen LogP contribution in [0.1, 0.15) is 5.56 Å². The highest BCUT2D eigenvalue weighted by atomic mass is 35.5. The van der Waals surface area contributed by atoms with Gasteiger partial charge in [-0.1, -0.05) is 34.8 Å². The first-order valence-electron chi connectivity index (χ1n) is 5.20. The van der Waals surface area contributed by atoms with Crippen molar-refractivity contribution in [1.29, 1.82) is 5.26 Å². The lowest BCUT2D eigenvalue weighted by Gasteiger charge is -2.10. The highest BCUT2D eigenvalue weighted by molar-refractivity contribution is 6.49. The second-order valence-corrected chi connectivity index (χ2v) is 4.88. The minimum Gasteiger partial charge on any atom is -0.253 e. The van der Waals surface area contributed by atoms with E-state index in [1.165, 1.54) is 6.07 Å². The summed E-state index contributed by atoms with van der Waals surface area (Å²) in [5.74, 6) is -0.509. The van der Waals surface area contributed by atoms with Crippen molar-refractivity contribution in [3.05, 3.63) is 50.8 Å². The molecule has 1 aromatic carbocycles. The summed E-state index contributed by atoms with van der Waals surface area (Å²) < 4.78 is 13.2. The van der Waals surface area contributed by atoms with Gasteiger partial charge in [0.25, 0.3) is 0 Å². The molecule has 0 bridgehead atoms. The molecule has 0 aliphatic heterocycles. The fraction of sp³-hybridized carbons (Fsp3) is 0.0769. The summed E-state index contributed by atoms with van der Waals surface area (Å²) in [6.45, 7) is 0. The van der Waals surface area contributed by atoms with E-state index in [0.29, 0.717) is 21.8 Å². The van der Waals surface area contributed by atoms with Crippen LogP contribution in [0.4, 0.5) is 4.39 Å². The van der Waals surface area contributed by atoms with Crippen LogP contribution < -0.4 is 0 Å². The molecule has 0 radical (unpaired) electrons. The standard InChI is InChI=1S/C13H6Cl3FN2/c14-10-2-1-9(11(15)12(10)16)13-7(3-4-18)5-8(17)6-19-13/h1-2,5-6H,3H2. The second kappa shape index (κ2) is 5.75. The van der Waals surface area contributed by atoms with Crippen LogP contribution in [0.2, 0.25) is 15.1 Å². The normalized spacial score (nSPS) is 10.3. The van der Waals surface area contributed by atoms with Crippen molar-refractivity contribution >= 4 is 34.8 Å². The Labute approximate surface area is 124 Å². The number of aromatic nitrogens is 1. The van der Waals surface area contributed by atoms with Crippen LogP contribution >= 0.6 is 34.8 Å². The van der Waals surface area contributed by atoms with Gasteiger partial charge in [-0.15, -0.1) is 0 Å². The smallest absolute Gasteiger partial charge is 0.141 e. The third kappa shape index (κ3) is 2.82. The van der Waals surface area contributed by atoms with E-state index >= 15 is 0 Å². The lowest BCUT2D eigenvalue weighted by atomic mass is 10.0. The van der Waals surface area contributed by atoms with E-state index in [4.69, 9.17) is 40.1 Å². The largest absolute Gasteiger partial charge is 0.253 e. The van der Waals surface area contributed by atoms with Gasteiger partial charge in [0.05, 0.1) is 39.4 Å². The molecule has 0 spiro atoms. The van der Waals surface area contributed by atoms with E-state index in [1.54, 1.807) is 12.1 Å². The van der Waals surface area contributed by atoms with E-state index in [0.717, 1.165) is 6.20 Å². The number of benzene rings is 1. The number of rotatable bonds is 2. The predicted octanol–water partition coefficient (Wildman–Crippen LogP) is 4.91. The fourth-order valence-electron chi connectivity index (χ4n) is 1.65. The molecule has 0 saturated heterocycles. The number of nitriles is 1. The van der Waals surface area contributed by atoms with Crippen LogP contribution in [0.3, 0.4) is 0 Å². The van der Waals surface area contributed by atoms with Crippen LogP contribution in [0.25, 0.3) is 11.3 Å². The van der Waals surface area contributed by atoms with E-state index in [9.17, 15) is 4.39 Å². The van der Waals surface area contributed by atoms with Crippen LogP contribution in [0.5, 0.6) is 0 Å². The monoisotopic (exact) mass is 314 g/mol. The Bertz CT molecular complexity index is 680. The van der Waals surface area contributed by atoms with Gasteiger partial charge in [0.1, 0.15) is 5.82 Å². The fourth-order valence-corrected chi connectivity index (χ4v) is 2.28. The summed E-state index contributed by atoms with van der Waals surface area (Å²) in [7, 11) is 0. The molecule has 0 atom stereocenters. The Hall–Kier alpha value is -1.34. The van der Waals surface area contributed by atoms with E-state index in [1.807, 2.05) is 6.07 Å². The molecule has 2 rings (SSSR count). The van der Waals surface area contributed by atoms with Gasteiger partial charge in [-0.2, -0.15) is 5.26 Å². The maximum absolute atomic E-state index is 13.2. The molecule has 2 aromatic rings. The first kappa shape index (κ1) is 14.1. The van der Waals surface area contributed by atoms with E-state index in [-0.39, 0.29) is 16.5 Å². The number of pyridine rings is 1. The maximum Gasteiger partial charge on any atom is 0.141 e. The van der Waals surface area contributed by atoms with E-state index in [2.05, 4.69) is 4.98 Å². The molecular formula is C13H6Cl3FN2. The van der Waals surface area contributed by atoms with E-state index < -0.39 is 5.82 Å². The van der Waals surface area contributed by atoms with Gasteiger partial charge >= 0.3 is 0 Å². The van der Waals surface area contributed by atoms with Crippen LogP contribution in [0, 0.1) is 17.1 Å². The highest BCUT2D eigenvalue weighted by Gasteiger charge is 2.15. The van der Waals surface area contributed by atoms with Gasteiger partial charge in [-0.3, -0.25) is 4.98 Å². The summed E-state index contributed by atoms with van der Waals surface area (Å²) in [6, 6.07) is 6.42. The number of hydrogen-bond acceptors (Lipinski definition) is 2. The Morgan fingerprint density at radius 2 is 1.95 bits per heavy atom. The molecule has 0 aliphatic rings. The van der Waals surface area contributed by atoms with Gasteiger partial charge in [-0.05, 0) is 23.8 Å². The molecule has 2 nitrogen and oxygen atoms in total. The zero-order valence-corrected chi connectivity index (χ0v) is 11.7. The van der Waals surface area contributed by atoms with Gasteiger partial charge in [0.15, 0.2) is 0 Å². The molecule has 0 unspecified atom stereocenters. The predicted molar refractivity (Wildman–Crippen MR) is 74.0 cm³/mol. The molecule has 0 amide bonds. The quantitative estimate of drug-likeness (QED) is 0.738. The zero-order valence-electron chi connectivity index (χ0n) is 9.42. The zero-order chi connectivity index (χ0) is 14.0. The Morgan fingerprint density at radius 3 is 2.63 bits per heavy atom. The minimum atomic E-state index is -0.509. The van der Waals surface area contributed by atoms with Crippen molar-refractivity contribution in [2.75, 3.05) is 0 Å². The molecule has 0 saturated carbocycles. The first-order chi connectivity index (χ1) is 9.04.